The number of nitrogens with zero attached hydrogens (tertiary/aromatic N) is 1. The molecular weight excluding hydrogens is 262 g/mol. The summed E-state index contributed by atoms with van der Waals surface area (Å²) >= 11 is 0. The summed E-state index contributed by atoms with van der Waals surface area (Å²) in [6.07, 6.45) is 10.2. The molecule has 0 radical (unpaired) electrons. The average molecular weight is 295 g/mol. The highest BCUT2D eigenvalue weighted by molar-refractivity contribution is 5.75. The first-order valence-corrected chi connectivity index (χ1v) is 8.99. The van der Waals surface area contributed by atoms with E-state index in [-0.39, 0.29) is 0 Å². The van der Waals surface area contributed by atoms with E-state index in [4.69, 9.17) is 0 Å². The molecule has 0 aromatic carbocycles. The van der Waals surface area contributed by atoms with E-state index in [1.54, 1.807) is 0 Å². The minimum absolute atomic E-state index is 0.464. The summed E-state index contributed by atoms with van der Waals surface area (Å²) in [4.78, 5) is 14.4. The second-order valence-electron chi connectivity index (χ2n) is 7.71. The van der Waals surface area contributed by atoms with Gasteiger partial charge in [0, 0.05) is 6.54 Å². The summed E-state index contributed by atoms with van der Waals surface area (Å²) in [6, 6.07) is 0. The Bertz CT molecular complexity index is 332. The minimum atomic E-state index is -0.547. The monoisotopic (exact) mass is 295 g/mol. The van der Waals surface area contributed by atoms with Crippen LogP contribution in [0.25, 0.3) is 0 Å². The van der Waals surface area contributed by atoms with E-state index >= 15 is 0 Å². The zero-order chi connectivity index (χ0) is 15.3. The molecule has 0 aromatic rings. The third-order valence-corrected chi connectivity index (χ3v) is 5.85. The van der Waals surface area contributed by atoms with E-state index in [1.807, 2.05) is 0 Å². The topological polar surface area (TPSA) is 40.5 Å². The van der Waals surface area contributed by atoms with Gasteiger partial charge < -0.3 is 10.0 Å². The van der Waals surface area contributed by atoms with Gasteiger partial charge in [-0.05, 0) is 57.0 Å². The largest absolute Gasteiger partial charge is 0.481 e. The van der Waals surface area contributed by atoms with Crippen LogP contribution < -0.4 is 0 Å². The molecule has 1 atom stereocenters. The molecule has 0 spiro atoms. The second-order valence-corrected chi connectivity index (χ2v) is 7.71. The molecule has 21 heavy (non-hydrogen) atoms. The third-order valence-electron chi connectivity index (χ3n) is 5.85. The SMILES string of the molecule is CC(C)C1CCCN(CC2(C(=O)O)CCCCCC2)CC1. The number of likely N-dealkylation sites (tertiary alicyclic amines) is 1. The summed E-state index contributed by atoms with van der Waals surface area (Å²) in [5.41, 5.74) is -0.464. The Kier molecular flexibility index (Phi) is 6.09. The molecule has 2 rings (SSSR count). The summed E-state index contributed by atoms with van der Waals surface area (Å²) in [6.45, 7) is 7.62. The lowest BCUT2D eigenvalue weighted by Crippen LogP contribution is -2.43. The maximum Gasteiger partial charge on any atom is 0.310 e. The summed E-state index contributed by atoms with van der Waals surface area (Å²) in [5, 5.41) is 9.83. The van der Waals surface area contributed by atoms with Gasteiger partial charge >= 0.3 is 5.97 Å². The number of carboxylic acids is 1. The first kappa shape index (κ1) is 16.8. The Balaban J connectivity index is 1.98. The third kappa shape index (κ3) is 4.45. The standard InChI is InChI=1S/C18H33NO2/c1-15(2)16-8-7-12-19(13-9-16)14-18(17(20)21)10-5-3-4-6-11-18/h15-16H,3-14H2,1-2H3,(H,20,21). The molecule has 1 unspecified atom stereocenters. The average Bonchev–Trinajstić information content (AvgIpc) is 2.80. The number of hydrogen-bond acceptors (Lipinski definition) is 2. The van der Waals surface area contributed by atoms with Crippen LogP contribution in [-0.2, 0) is 4.79 Å². The molecule has 1 heterocycles. The van der Waals surface area contributed by atoms with Crippen molar-refractivity contribution in [3.8, 4) is 0 Å². The van der Waals surface area contributed by atoms with Crippen molar-refractivity contribution >= 4 is 5.97 Å². The molecule has 1 aliphatic carbocycles. The quantitative estimate of drug-likeness (QED) is 0.791. The fourth-order valence-electron chi connectivity index (χ4n) is 4.28. The van der Waals surface area contributed by atoms with Gasteiger partial charge in [-0.15, -0.1) is 0 Å². The van der Waals surface area contributed by atoms with Crippen molar-refractivity contribution in [2.75, 3.05) is 19.6 Å². The zero-order valence-corrected chi connectivity index (χ0v) is 13.9. The van der Waals surface area contributed by atoms with Crippen molar-refractivity contribution in [3.63, 3.8) is 0 Å². The van der Waals surface area contributed by atoms with Gasteiger partial charge in [-0.3, -0.25) is 4.79 Å². The van der Waals surface area contributed by atoms with Gasteiger partial charge in [0.2, 0.25) is 0 Å². The molecule has 3 heteroatoms. The van der Waals surface area contributed by atoms with Crippen LogP contribution in [-0.4, -0.2) is 35.6 Å². The van der Waals surface area contributed by atoms with Gasteiger partial charge in [0.05, 0.1) is 5.41 Å². The van der Waals surface area contributed by atoms with Crippen LogP contribution in [0.2, 0.25) is 0 Å². The van der Waals surface area contributed by atoms with Gasteiger partial charge in [-0.25, -0.2) is 0 Å². The van der Waals surface area contributed by atoms with Crippen molar-refractivity contribution in [1.29, 1.82) is 0 Å². The van der Waals surface area contributed by atoms with E-state index in [2.05, 4.69) is 18.7 Å². The molecule has 2 aliphatic rings. The first-order chi connectivity index (χ1) is 10.0. The molecule has 122 valence electrons. The van der Waals surface area contributed by atoms with Gasteiger partial charge in [-0.1, -0.05) is 39.5 Å². The van der Waals surface area contributed by atoms with Crippen molar-refractivity contribution in [3.05, 3.63) is 0 Å². The van der Waals surface area contributed by atoms with Crippen molar-refractivity contribution in [2.45, 2.75) is 71.6 Å². The molecule has 1 N–H and O–H groups in total. The number of rotatable bonds is 4. The van der Waals surface area contributed by atoms with Crippen LogP contribution in [0.4, 0.5) is 0 Å². The van der Waals surface area contributed by atoms with Crippen LogP contribution in [0.5, 0.6) is 0 Å². The second kappa shape index (κ2) is 7.62. The van der Waals surface area contributed by atoms with Crippen molar-refractivity contribution in [1.82, 2.24) is 4.90 Å². The molecular formula is C18H33NO2. The number of carboxylic acid groups (broad SMARTS) is 1. The maximum absolute atomic E-state index is 11.9. The van der Waals surface area contributed by atoms with E-state index in [0.29, 0.717) is 0 Å². The molecule has 0 aromatic heterocycles. The Morgan fingerprint density at radius 2 is 1.76 bits per heavy atom. The maximum atomic E-state index is 11.9. The lowest BCUT2D eigenvalue weighted by molar-refractivity contribution is -0.151. The smallest absolute Gasteiger partial charge is 0.310 e. The molecule has 0 bridgehead atoms. The summed E-state index contributed by atoms with van der Waals surface area (Å²) in [7, 11) is 0. The lowest BCUT2D eigenvalue weighted by atomic mass is 9.79. The summed E-state index contributed by atoms with van der Waals surface area (Å²) < 4.78 is 0. The molecule has 3 nitrogen and oxygen atoms in total. The highest BCUT2D eigenvalue weighted by Gasteiger charge is 2.40. The molecule has 1 saturated heterocycles. The molecule has 1 aliphatic heterocycles. The summed E-state index contributed by atoms with van der Waals surface area (Å²) in [5.74, 6) is 1.04. The zero-order valence-electron chi connectivity index (χ0n) is 13.9. The first-order valence-electron chi connectivity index (χ1n) is 8.99. The van der Waals surface area contributed by atoms with Crippen LogP contribution in [0.1, 0.15) is 71.6 Å². The van der Waals surface area contributed by atoms with E-state index in [9.17, 15) is 9.90 Å². The van der Waals surface area contributed by atoms with Gasteiger partial charge in [0.1, 0.15) is 0 Å². The van der Waals surface area contributed by atoms with Crippen molar-refractivity contribution in [2.24, 2.45) is 17.3 Å². The Morgan fingerprint density at radius 3 is 2.33 bits per heavy atom. The van der Waals surface area contributed by atoms with Gasteiger partial charge in [0.25, 0.3) is 0 Å². The Morgan fingerprint density at radius 1 is 1.10 bits per heavy atom. The van der Waals surface area contributed by atoms with Crippen LogP contribution in [0.15, 0.2) is 0 Å². The molecule has 0 amide bonds. The highest BCUT2D eigenvalue weighted by atomic mass is 16.4. The molecule has 2 fully saturated rings. The number of aliphatic carboxylic acids is 1. The fraction of sp³-hybridized carbons (Fsp3) is 0.944. The minimum Gasteiger partial charge on any atom is -0.481 e. The van der Waals surface area contributed by atoms with Gasteiger partial charge in [0.15, 0.2) is 0 Å². The van der Waals surface area contributed by atoms with Crippen LogP contribution >= 0.6 is 0 Å². The predicted molar refractivity (Wildman–Crippen MR) is 86.4 cm³/mol. The predicted octanol–water partition coefficient (Wildman–Crippen LogP) is 4.17. The normalized spacial score (nSPS) is 28.0. The lowest BCUT2D eigenvalue weighted by Gasteiger charge is -2.34. The van der Waals surface area contributed by atoms with E-state index in [0.717, 1.165) is 57.2 Å². The van der Waals surface area contributed by atoms with Crippen molar-refractivity contribution < 1.29 is 9.90 Å². The number of hydrogen-bond donors (Lipinski definition) is 1. The molecule has 1 saturated carbocycles. The van der Waals surface area contributed by atoms with E-state index in [1.165, 1.54) is 32.1 Å². The highest BCUT2D eigenvalue weighted by Crippen LogP contribution is 2.37. The van der Waals surface area contributed by atoms with E-state index < -0.39 is 11.4 Å². The Hall–Kier alpha value is -0.570. The fourth-order valence-corrected chi connectivity index (χ4v) is 4.28. The van der Waals surface area contributed by atoms with Crippen LogP contribution in [0.3, 0.4) is 0 Å². The number of carbonyl (C=O) groups is 1. The Labute approximate surface area is 130 Å². The van der Waals surface area contributed by atoms with Crippen LogP contribution in [0, 0.1) is 17.3 Å². The van der Waals surface area contributed by atoms with Gasteiger partial charge in [-0.2, -0.15) is 0 Å².